The first-order chi connectivity index (χ1) is 14.4. The Morgan fingerprint density at radius 2 is 1.77 bits per heavy atom. The van der Waals surface area contributed by atoms with Gasteiger partial charge >= 0.3 is 0 Å². The number of halogens is 1. The number of hydrogen-bond acceptors (Lipinski definition) is 4. The van der Waals surface area contributed by atoms with Gasteiger partial charge in [0, 0.05) is 22.5 Å². The molecule has 0 aliphatic rings. The van der Waals surface area contributed by atoms with Gasteiger partial charge in [0.15, 0.2) is 5.11 Å². The van der Waals surface area contributed by atoms with E-state index in [4.69, 9.17) is 23.8 Å². The van der Waals surface area contributed by atoms with E-state index in [0.29, 0.717) is 16.0 Å². The maximum absolute atomic E-state index is 12.4. The predicted molar refractivity (Wildman–Crippen MR) is 131 cm³/mol. The molecule has 0 saturated carbocycles. The van der Waals surface area contributed by atoms with E-state index in [-0.39, 0.29) is 11.2 Å². The topological polar surface area (TPSA) is 66.0 Å². The fourth-order valence-corrected chi connectivity index (χ4v) is 3.79. The lowest BCUT2D eigenvalue weighted by Gasteiger charge is -2.14. The highest BCUT2D eigenvalue weighted by Crippen LogP contribution is 2.26. The van der Waals surface area contributed by atoms with E-state index < -0.39 is 0 Å². The summed E-state index contributed by atoms with van der Waals surface area (Å²) in [6.07, 6.45) is 1.50. The zero-order valence-corrected chi connectivity index (χ0v) is 18.9. The zero-order chi connectivity index (χ0) is 21.5. The lowest BCUT2D eigenvalue weighted by molar-refractivity contribution is -0.115. The van der Waals surface area contributed by atoms with E-state index in [0.717, 1.165) is 16.3 Å². The van der Waals surface area contributed by atoms with Crippen LogP contribution in [0.25, 0.3) is 0 Å². The molecule has 0 saturated heterocycles. The number of aromatic nitrogens is 1. The number of pyridine rings is 1. The highest BCUT2D eigenvalue weighted by Gasteiger charge is 2.15. The quantitative estimate of drug-likeness (QED) is 0.313. The Balaban J connectivity index is 1.56. The van der Waals surface area contributed by atoms with Crippen molar-refractivity contribution in [1.29, 1.82) is 0 Å². The predicted octanol–water partition coefficient (Wildman–Crippen LogP) is 5.97. The molecular formula is C22H21ClN4OS2. The van der Waals surface area contributed by atoms with Crippen LogP contribution in [0.2, 0.25) is 5.02 Å². The van der Waals surface area contributed by atoms with E-state index in [2.05, 4.69) is 20.9 Å². The van der Waals surface area contributed by atoms with Gasteiger partial charge in [0.1, 0.15) is 5.82 Å². The van der Waals surface area contributed by atoms with E-state index >= 15 is 0 Å². The van der Waals surface area contributed by atoms with Gasteiger partial charge in [0.25, 0.3) is 0 Å². The van der Waals surface area contributed by atoms with E-state index in [1.165, 1.54) is 23.5 Å². The van der Waals surface area contributed by atoms with Crippen molar-refractivity contribution < 1.29 is 4.79 Å². The van der Waals surface area contributed by atoms with Crippen molar-refractivity contribution in [1.82, 2.24) is 4.98 Å². The maximum Gasteiger partial charge on any atom is 0.238 e. The fraction of sp³-hybridized carbons (Fsp3) is 0.136. The lowest BCUT2D eigenvalue weighted by Crippen LogP contribution is -2.23. The number of thiocarbonyl (C=S) groups is 1. The highest BCUT2D eigenvalue weighted by molar-refractivity contribution is 8.00. The van der Waals surface area contributed by atoms with Gasteiger partial charge in [-0.05, 0) is 68.5 Å². The summed E-state index contributed by atoms with van der Waals surface area (Å²) in [6.45, 7) is 3.89. The van der Waals surface area contributed by atoms with Gasteiger partial charge in [-0.25, -0.2) is 4.98 Å². The van der Waals surface area contributed by atoms with E-state index in [1.54, 1.807) is 12.1 Å². The second kappa shape index (κ2) is 10.4. The maximum atomic E-state index is 12.4. The number of benzene rings is 2. The minimum absolute atomic E-state index is 0.134. The van der Waals surface area contributed by atoms with Gasteiger partial charge in [0.2, 0.25) is 5.91 Å². The molecule has 0 aliphatic carbocycles. The third kappa shape index (κ3) is 6.73. The molecule has 8 heteroatoms. The van der Waals surface area contributed by atoms with Crippen LogP contribution >= 0.6 is 35.6 Å². The molecule has 0 spiro atoms. The molecule has 3 N–H and O–H groups in total. The number of anilines is 3. The van der Waals surface area contributed by atoms with Gasteiger partial charge in [-0.2, -0.15) is 0 Å². The van der Waals surface area contributed by atoms with Crippen molar-refractivity contribution in [2.75, 3.05) is 16.0 Å². The Hall–Kier alpha value is -2.61. The lowest BCUT2D eigenvalue weighted by atomic mass is 10.2. The molecule has 1 atom stereocenters. The molecule has 30 heavy (non-hydrogen) atoms. The minimum atomic E-state index is -0.310. The average Bonchev–Trinajstić information content (AvgIpc) is 2.71. The normalized spacial score (nSPS) is 11.4. The number of rotatable bonds is 6. The Kier molecular flexibility index (Phi) is 7.68. The molecule has 1 aromatic heterocycles. The average molecular weight is 457 g/mol. The number of carbonyl (C=O) groups is 1. The molecule has 2 aromatic carbocycles. The Labute approximate surface area is 190 Å². The molecule has 0 fully saturated rings. The number of aryl methyl sites for hydroxylation is 1. The minimum Gasteiger partial charge on any atom is -0.332 e. The monoisotopic (exact) mass is 456 g/mol. The van der Waals surface area contributed by atoms with Crippen LogP contribution in [-0.4, -0.2) is 21.3 Å². The van der Waals surface area contributed by atoms with E-state index in [9.17, 15) is 4.79 Å². The fourth-order valence-electron chi connectivity index (χ4n) is 2.51. The van der Waals surface area contributed by atoms with Gasteiger partial charge in [-0.15, -0.1) is 11.8 Å². The first-order valence-corrected chi connectivity index (χ1v) is 10.9. The van der Waals surface area contributed by atoms with Crippen molar-refractivity contribution >= 4 is 63.8 Å². The van der Waals surface area contributed by atoms with Crippen LogP contribution in [0.15, 0.2) is 71.8 Å². The summed E-state index contributed by atoms with van der Waals surface area (Å²) in [5, 5.41) is 9.84. The summed E-state index contributed by atoms with van der Waals surface area (Å²) >= 11 is 12.7. The van der Waals surface area contributed by atoms with Gasteiger partial charge in [-0.1, -0.05) is 35.4 Å². The van der Waals surface area contributed by atoms with Crippen LogP contribution in [0.5, 0.6) is 0 Å². The summed E-state index contributed by atoms with van der Waals surface area (Å²) in [6, 6.07) is 19.1. The van der Waals surface area contributed by atoms with Crippen LogP contribution < -0.4 is 16.0 Å². The van der Waals surface area contributed by atoms with Gasteiger partial charge in [0.05, 0.1) is 10.3 Å². The Bertz CT molecular complexity index is 1030. The number of thioether (sulfide) groups is 1. The molecule has 5 nitrogen and oxygen atoms in total. The number of nitrogens with zero attached hydrogens (tertiary/aromatic N) is 1. The van der Waals surface area contributed by atoms with Crippen molar-refractivity contribution in [2.45, 2.75) is 24.0 Å². The third-order valence-electron chi connectivity index (χ3n) is 4.06. The zero-order valence-electron chi connectivity index (χ0n) is 16.5. The Morgan fingerprint density at radius 1 is 1.03 bits per heavy atom. The van der Waals surface area contributed by atoms with Crippen LogP contribution in [0, 0.1) is 6.92 Å². The van der Waals surface area contributed by atoms with Crippen molar-refractivity contribution in [3.05, 3.63) is 77.4 Å². The third-order valence-corrected chi connectivity index (χ3v) is 5.58. The molecule has 3 rings (SSSR count). The van der Waals surface area contributed by atoms with E-state index in [1.807, 2.05) is 62.4 Å². The molecule has 1 amide bonds. The number of carbonyl (C=O) groups excluding carboxylic acids is 1. The highest BCUT2D eigenvalue weighted by atomic mass is 35.5. The molecule has 1 unspecified atom stereocenters. The van der Waals surface area contributed by atoms with Crippen molar-refractivity contribution in [3.63, 3.8) is 0 Å². The number of hydrogen-bond donors (Lipinski definition) is 3. The summed E-state index contributed by atoms with van der Waals surface area (Å²) in [4.78, 5) is 17.5. The molecule has 0 bridgehead atoms. The van der Waals surface area contributed by atoms with Crippen LogP contribution in [0.4, 0.5) is 17.2 Å². The van der Waals surface area contributed by atoms with Gasteiger partial charge in [-0.3, -0.25) is 4.79 Å². The summed E-state index contributed by atoms with van der Waals surface area (Å²) in [5.41, 5.74) is 2.95. The molecule has 0 aliphatic heterocycles. The van der Waals surface area contributed by atoms with Gasteiger partial charge < -0.3 is 16.0 Å². The van der Waals surface area contributed by atoms with Crippen molar-refractivity contribution in [3.8, 4) is 0 Å². The Morgan fingerprint density at radius 3 is 2.47 bits per heavy atom. The molecule has 0 radical (unpaired) electrons. The van der Waals surface area contributed by atoms with Crippen LogP contribution in [0.3, 0.4) is 0 Å². The molecule has 1 heterocycles. The summed E-state index contributed by atoms with van der Waals surface area (Å²) < 4.78 is 0. The van der Waals surface area contributed by atoms with Crippen LogP contribution in [0.1, 0.15) is 12.5 Å². The SMILES string of the molecule is Cc1ccc(NC(=S)Nc2cccc(SC(C)C(=O)Nc3ccc(Cl)cn3)c2)cc1. The van der Waals surface area contributed by atoms with Crippen molar-refractivity contribution in [2.24, 2.45) is 0 Å². The van der Waals surface area contributed by atoms with Crippen LogP contribution in [-0.2, 0) is 4.79 Å². The number of nitrogens with one attached hydrogen (secondary N) is 3. The summed E-state index contributed by atoms with van der Waals surface area (Å²) in [5.74, 6) is 0.338. The molecule has 154 valence electrons. The number of amides is 1. The largest absolute Gasteiger partial charge is 0.332 e. The second-order valence-corrected chi connectivity index (χ2v) is 8.84. The molecule has 3 aromatic rings. The smallest absolute Gasteiger partial charge is 0.238 e. The first-order valence-electron chi connectivity index (χ1n) is 9.23. The first kappa shape index (κ1) is 22.1. The molecular weight excluding hydrogens is 436 g/mol. The summed E-state index contributed by atoms with van der Waals surface area (Å²) in [7, 11) is 0. The standard InChI is InChI=1S/C22H21ClN4OS2/c1-14-6-9-17(10-7-14)25-22(29)26-18-4-3-5-19(12-18)30-15(2)21(28)27-20-11-8-16(23)13-24-20/h3-13,15H,1-2H3,(H,24,27,28)(H2,25,26,29). The second-order valence-electron chi connectivity index (χ2n) is 6.58.